The van der Waals surface area contributed by atoms with Crippen LogP contribution in [0.2, 0.25) is 0 Å². The van der Waals surface area contributed by atoms with Crippen LogP contribution < -0.4 is 5.32 Å². The van der Waals surface area contributed by atoms with Gasteiger partial charge in [0.05, 0.1) is 21.5 Å². The highest BCUT2D eigenvalue weighted by atomic mass is 32.1. The Bertz CT molecular complexity index is 1200. The highest BCUT2D eigenvalue weighted by Crippen LogP contribution is 2.50. The molecule has 164 valence electrons. The van der Waals surface area contributed by atoms with E-state index in [1.807, 2.05) is 36.9 Å². The third kappa shape index (κ3) is 3.77. The van der Waals surface area contributed by atoms with Crippen LogP contribution >= 0.6 is 11.3 Å². The molecule has 3 unspecified atom stereocenters. The summed E-state index contributed by atoms with van der Waals surface area (Å²) in [7, 11) is 0. The number of para-hydroxylation sites is 1. The van der Waals surface area contributed by atoms with Gasteiger partial charge in [0.15, 0.2) is 0 Å². The number of fused-ring (bicyclic) bond motifs is 1. The smallest absolute Gasteiger partial charge is 0.274 e. The Morgan fingerprint density at radius 3 is 2.78 bits per heavy atom. The Labute approximate surface area is 190 Å². The van der Waals surface area contributed by atoms with Crippen LogP contribution in [0.15, 0.2) is 48.5 Å². The molecule has 1 aliphatic heterocycles. The number of rotatable bonds is 5. The molecular formula is C25H25N3O3S. The van der Waals surface area contributed by atoms with Crippen molar-refractivity contribution in [3.8, 4) is 16.2 Å². The molecule has 3 atom stereocenters. The number of aromatic nitrogens is 1. The van der Waals surface area contributed by atoms with Crippen LogP contribution in [0.1, 0.15) is 37.8 Å². The van der Waals surface area contributed by atoms with E-state index in [0.717, 1.165) is 27.4 Å². The van der Waals surface area contributed by atoms with Gasteiger partial charge in [0, 0.05) is 13.1 Å². The van der Waals surface area contributed by atoms with Gasteiger partial charge in [-0.3, -0.25) is 9.59 Å². The average molecular weight is 448 g/mol. The number of benzene rings is 2. The van der Waals surface area contributed by atoms with E-state index >= 15 is 0 Å². The van der Waals surface area contributed by atoms with Gasteiger partial charge in [-0.2, -0.15) is 0 Å². The van der Waals surface area contributed by atoms with Crippen molar-refractivity contribution in [3.05, 3.63) is 70.4 Å². The van der Waals surface area contributed by atoms with Gasteiger partial charge in [0.25, 0.3) is 11.8 Å². The first-order valence-corrected chi connectivity index (χ1v) is 11.7. The molecule has 2 aliphatic rings. The number of aryl methyl sites for hydroxylation is 2. The van der Waals surface area contributed by atoms with Crippen LogP contribution in [-0.4, -0.2) is 45.9 Å². The second-order valence-electron chi connectivity index (χ2n) is 8.69. The zero-order valence-corrected chi connectivity index (χ0v) is 18.9. The monoisotopic (exact) mass is 447 g/mol. The van der Waals surface area contributed by atoms with E-state index in [2.05, 4.69) is 16.4 Å². The Balaban J connectivity index is 1.36. The topological polar surface area (TPSA) is 82.5 Å². The highest BCUT2D eigenvalue weighted by molar-refractivity contribution is 7.15. The third-order valence-electron chi connectivity index (χ3n) is 6.40. The zero-order chi connectivity index (χ0) is 22.4. The molecule has 1 saturated carbocycles. The van der Waals surface area contributed by atoms with Crippen molar-refractivity contribution in [2.45, 2.75) is 26.3 Å². The Hall–Kier alpha value is -3.19. The minimum atomic E-state index is -0.329. The van der Waals surface area contributed by atoms with E-state index in [-0.39, 0.29) is 29.2 Å². The first kappa shape index (κ1) is 20.7. The number of carbonyl (C=O) groups excluding carboxylic acids is 2. The van der Waals surface area contributed by atoms with Gasteiger partial charge in [-0.15, -0.1) is 11.3 Å². The van der Waals surface area contributed by atoms with Crippen LogP contribution in [0, 0.1) is 25.7 Å². The second kappa shape index (κ2) is 8.06. The maximum Gasteiger partial charge on any atom is 0.274 e. The molecule has 2 amide bonds. The molecule has 2 heterocycles. The summed E-state index contributed by atoms with van der Waals surface area (Å²) >= 11 is 1.54. The van der Waals surface area contributed by atoms with Gasteiger partial charge in [-0.05, 0) is 49.8 Å². The van der Waals surface area contributed by atoms with Crippen molar-refractivity contribution >= 4 is 23.2 Å². The predicted octanol–water partition coefficient (Wildman–Crippen LogP) is 4.02. The normalized spacial score (nSPS) is 21.3. The van der Waals surface area contributed by atoms with Gasteiger partial charge < -0.3 is 15.3 Å². The average Bonchev–Trinajstić information content (AvgIpc) is 3.28. The molecule has 32 heavy (non-hydrogen) atoms. The molecular weight excluding hydrogens is 422 g/mol. The van der Waals surface area contributed by atoms with Crippen molar-refractivity contribution in [2.24, 2.45) is 11.8 Å². The summed E-state index contributed by atoms with van der Waals surface area (Å²) in [5.74, 6) is 0.456. The van der Waals surface area contributed by atoms with E-state index in [9.17, 15) is 14.7 Å². The number of piperidine rings is 1. The fraction of sp³-hybridized carbons (Fsp3) is 0.320. The molecule has 2 N–H and O–H groups in total. The van der Waals surface area contributed by atoms with Crippen LogP contribution in [0.4, 0.5) is 0 Å². The van der Waals surface area contributed by atoms with Crippen molar-refractivity contribution in [1.82, 2.24) is 15.2 Å². The third-order valence-corrected chi connectivity index (χ3v) is 7.42. The molecule has 0 radical (unpaired) electrons. The molecule has 2 fully saturated rings. The van der Waals surface area contributed by atoms with Crippen LogP contribution in [-0.2, 0) is 0 Å². The SMILES string of the molecule is Cc1cccc(-c2sc(C)nc2C(=O)N2CC3CC3C2CNC(=O)c2ccccc2O)c1. The fourth-order valence-corrected chi connectivity index (χ4v) is 5.62. The summed E-state index contributed by atoms with van der Waals surface area (Å²) in [5.41, 5.74) is 2.89. The molecule has 6 nitrogen and oxygen atoms in total. The number of nitrogens with one attached hydrogen (secondary N) is 1. The molecule has 2 aromatic carbocycles. The summed E-state index contributed by atoms with van der Waals surface area (Å²) in [5, 5.41) is 13.7. The molecule has 1 aliphatic carbocycles. The summed E-state index contributed by atoms with van der Waals surface area (Å²) in [4.78, 5) is 33.6. The number of hydrogen-bond acceptors (Lipinski definition) is 5. The van der Waals surface area contributed by atoms with Crippen molar-refractivity contribution in [2.75, 3.05) is 13.1 Å². The van der Waals surface area contributed by atoms with Gasteiger partial charge in [0.2, 0.25) is 0 Å². The minimum absolute atomic E-state index is 0.0469. The van der Waals surface area contributed by atoms with E-state index in [0.29, 0.717) is 30.6 Å². The number of phenolic OH excluding ortho intramolecular Hbond substituents is 1. The molecule has 0 bridgehead atoms. The first-order valence-electron chi connectivity index (χ1n) is 10.8. The molecule has 1 aromatic heterocycles. The number of aromatic hydroxyl groups is 1. The summed E-state index contributed by atoms with van der Waals surface area (Å²) in [6.45, 7) is 5.02. The standard InChI is InChI=1S/C25H25N3O3S/c1-14-6-5-7-16(10-14)23-22(27-15(2)32-23)25(31)28-13-17-11-19(17)20(28)12-26-24(30)18-8-3-4-9-21(18)29/h3-10,17,19-20,29H,11-13H2,1-2H3,(H,26,30). The Morgan fingerprint density at radius 1 is 1.19 bits per heavy atom. The van der Waals surface area contributed by atoms with Crippen LogP contribution in [0.25, 0.3) is 10.4 Å². The molecule has 0 spiro atoms. The maximum atomic E-state index is 13.6. The quantitative estimate of drug-likeness (QED) is 0.619. The molecule has 1 saturated heterocycles. The molecule has 3 aromatic rings. The Morgan fingerprint density at radius 2 is 2.00 bits per heavy atom. The lowest BCUT2D eigenvalue weighted by molar-refractivity contribution is 0.0690. The van der Waals surface area contributed by atoms with Crippen molar-refractivity contribution in [3.63, 3.8) is 0 Å². The number of likely N-dealkylation sites (tertiary alicyclic amines) is 1. The van der Waals surface area contributed by atoms with Gasteiger partial charge >= 0.3 is 0 Å². The number of carbonyl (C=O) groups is 2. The Kier molecular flexibility index (Phi) is 5.21. The molecule has 7 heteroatoms. The lowest BCUT2D eigenvalue weighted by atomic mass is 10.1. The van der Waals surface area contributed by atoms with E-state index in [1.165, 1.54) is 17.4 Å². The number of amides is 2. The van der Waals surface area contributed by atoms with E-state index in [4.69, 9.17) is 0 Å². The lowest BCUT2D eigenvalue weighted by Crippen LogP contribution is -2.45. The highest BCUT2D eigenvalue weighted by Gasteiger charge is 2.54. The fourth-order valence-electron chi connectivity index (χ4n) is 4.71. The van der Waals surface area contributed by atoms with Gasteiger partial charge in [-0.1, -0.05) is 42.0 Å². The van der Waals surface area contributed by atoms with Gasteiger partial charge in [-0.25, -0.2) is 4.98 Å². The van der Waals surface area contributed by atoms with Crippen LogP contribution in [0.5, 0.6) is 5.75 Å². The number of nitrogens with zero attached hydrogens (tertiary/aromatic N) is 2. The molecule has 5 rings (SSSR count). The number of phenols is 1. The zero-order valence-electron chi connectivity index (χ0n) is 18.0. The summed E-state index contributed by atoms with van der Waals surface area (Å²) in [6, 6.07) is 14.6. The lowest BCUT2D eigenvalue weighted by Gasteiger charge is -2.27. The number of thiazole rings is 1. The largest absolute Gasteiger partial charge is 0.507 e. The van der Waals surface area contributed by atoms with Crippen molar-refractivity contribution < 1.29 is 14.7 Å². The summed E-state index contributed by atoms with van der Waals surface area (Å²) in [6.07, 6.45) is 1.09. The minimum Gasteiger partial charge on any atom is -0.507 e. The van der Waals surface area contributed by atoms with Crippen molar-refractivity contribution in [1.29, 1.82) is 0 Å². The van der Waals surface area contributed by atoms with E-state index in [1.54, 1.807) is 18.2 Å². The van der Waals surface area contributed by atoms with E-state index < -0.39 is 0 Å². The van der Waals surface area contributed by atoms with Crippen LogP contribution in [0.3, 0.4) is 0 Å². The predicted molar refractivity (Wildman–Crippen MR) is 124 cm³/mol. The van der Waals surface area contributed by atoms with Gasteiger partial charge in [0.1, 0.15) is 11.4 Å². The summed E-state index contributed by atoms with van der Waals surface area (Å²) < 4.78 is 0. The first-order chi connectivity index (χ1) is 15.4. The maximum absolute atomic E-state index is 13.6. The second-order valence-corrected chi connectivity index (χ2v) is 9.89. The number of hydrogen-bond donors (Lipinski definition) is 2.